The van der Waals surface area contributed by atoms with Gasteiger partial charge < -0.3 is 9.84 Å². The maximum atomic E-state index is 13.0. The number of rotatable bonds is 6. The fourth-order valence-corrected chi connectivity index (χ4v) is 2.49. The predicted octanol–water partition coefficient (Wildman–Crippen LogP) is 1.96. The summed E-state index contributed by atoms with van der Waals surface area (Å²) in [7, 11) is -2.17. The molecular formula is C10H13ClFNO4S. The number of anilines is 1. The standard InChI is InChI=1S/C10H13ClFNO4S/c1-17-3-2-4-18(15,16)13-9-5-7(11)8(12)6-10(9)14/h5-6,13-14H,2-4H2,1H3. The molecule has 0 amide bonds. The number of phenolic OH excluding ortho intramolecular Hbond substituents is 1. The fourth-order valence-electron chi connectivity index (χ4n) is 1.23. The van der Waals surface area contributed by atoms with Crippen molar-refractivity contribution in [1.82, 2.24) is 0 Å². The first-order valence-electron chi connectivity index (χ1n) is 5.03. The van der Waals surface area contributed by atoms with Crippen LogP contribution >= 0.6 is 11.6 Å². The Kier molecular flexibility index (Phi) is 5.18. The molecule has 0 radical (unpaired) electrons. The summed E-state index contributed by atoms with van der Waals surface area (Å²) in [5.41, 5.74) is -0.154. The van der Waals surface area contributed by atoms with Gasteiger partial charge in [-0.1, -0.05) is 11.6 Å². The Hall–Kier alpha value is -1.05. The first kappa shape index (κ1) is 15.0. The number of sulfonamides is 1. The fraction of sp³-hybridized carbons (Fsp3) is 0.400. The molecule has 0 unspecified atom stereocenters. The van der Waals surface area contributed by atoms with E-state index in [1.807, 2.05) is 0 Å². The third-order valence-electron chi connectivity index (χ3n) is 2.07. The molecule has 0 saturated carbocycles. The van der Waals surface area contributed by atoms with Crippen LogP contribution in [0.2, 0.25) is 5.02 Å². The van der Waals surface area contributed by atoms with Crippen LogP contribution in [-0.2, 0) is 14.8 Å². The summed E-state index contributed by atoms with van der Waals surface area (Å²) in [6, 6.07) is 1.76. The lowest BCUT2D eigenvalue weighted by molar-refractivity contribution is 0.199. The van der Waals surface area contributed by atoms with E-state index in [-0.39, 0.29) is 16.5 Å². The second-order valence-corrected chi connectivity index (χ2v) is 5.80. The molecule has 0 bridgehead atoms. The smallest absolute Gasteiger partial charge is 0.232 e. The third-order valence-corrected chi connectivity index (χ3v) is 3.71. The topological polar surface area (TPSA) is 75.6 Å². The van der Waals surface area contributed by atoms with Gasteiger partial charge in [-0.05, 0) is 12.5 Å². The van der Waals surface area contributed by atoms with Crippen LogP contribution in [0.3, 0.4) is 0 Å². The van der Waals surface area contributed by atoms with Gasteiger partial charge in [0.1, 0.15) is 11.6 Å². The highest BCUT2D eigenvalue weighted by molar-refractivity contribution is 7.92. The molecule has 0 atom stereocenters. The van der Waals surface area contributed by atoms with E-state index in [0.717, 1.165) is 12.1 Å². The van der Waals surface area contributed by atoms with Gasteiger partial charge in [-0.3, -0.25) is 4.72 Å². The zero-order chi connectivity index (χ0) is 13.8. The molecule has 2 N–H and O–H groups in total. The van der Waals surface area contributed by atoms with E-state index in [1.54, 1.807) is 0 Å². The van der Waals surface area contributed by atoms with E-state index in [0.29, 0.717) is 13.0 Å². The van der Waals surface area contributed by atoms with Crippen LogP contribution in [-0.4, -0.2) is 33.0 Å². The Morgan fingerprint density at radius 3 is 2.78 bits per heavy atom. The second-order valence-electron chi connectivity index (χ2n) is 3.55. The largest absolute Gasteiger partial charge is 0.506 e. The number of nitrogens with one attached hydrogen (secondary N) is 1. The Bertz CT molecular complexity index is 521. The van der Waals surface area contributed by atoms with Crippen LogP contribution in [0.1, 0.15) is 6.42 Å². The van der Waals surface area contributed by atoms with Crippen LogP contribution < -0.4 is 4.72 Å². The van der Waals surface area contributed by atoms with E-state index < -0.39 is 21.6 Å². The van der Waals surface area contributed by atoms with Gasteiger partial charge in [0.15, 0.2) is 0 Å². The molecule has 102 valence electrons. The van der Waals surface area contributed by atoms with Crippen molar-refractivity contribution in [2.24, 2.45) is 0 Å². The predicted molar refractivity (Wildman–Crippen MR) is 67.0 cm³/mol. The molecule has 0 aliphatic rings. The molecule has 0 aliphatic heterocycles. The molecule has 1 rings (SSSR count). The third kappa shape index (κ3) is 4.32. The summed E-state index contributed by atoms with van der Waals surface area (Å²) in [6.07, 6.45) is 0.307. The van der Waals surface area contributed by atoms with Gasteiger partial charge in [0.25, 0.3) is 0 Å². The minimum absolute atomic E-state index is 0.154. The minimum atomic E-state index is -3.63. The van der Waals surface area contributed by atoms with Crippen molar-refractivity contribution < 1.29 is 22.7 Å². The molecule has 8 heteroatoms. The summed E-state index contributed by atoms with van der Waals surface area (Å²) in [6.45, 7) is 0.303. The molecule has 1 aromatic carbocycles. The summed E-state index contributed by atoms with van der Waals surface area (Å²) in [5.74, 6) is -1.52. The zero-order valence-corrected chi connectivity index (χ0v) is 11.2. The van der Waals surface area contributed by atoms with Crippen molar-refractivity contribution >= 4 is 27.3 Å². The average molecular weight is 298 g/mol. The van der Waals surface area contributed by atoms with Gasteiger partial charge in [0, 0.05) is 19.8 Å². The molecule has 1 aromatic rings. The van der Waals surface area contributed by atoms with Crippen molar-refractivity contribution in [2.45, 2.75) is 6.42 Å². The molecule has 0 fully saturated rings. The van der Waals surface area contributed by atoms with Crippen molar-refractivity contribution in [2.75, 3.05) is 24.2 Å². The van der Waals surface area contributed by atoms with Gasteiger partial charge in [0.2, 0.25) is 10.0 Å². The number of ether oxygens (including phenoxy) is 1. The quantitative estimate of drug-likeness (QED) is 0.622. The number of hydrogen-bond acceptors (Lipinski definition) is 4. The number of phenols is 1. The van der Waals surface area contributed by atoms with Gasteiger partial charge in [0.05, 0.1) is 16.5 Å². The second kappa shape index (κ2) is 6.21. The Labute approximate surface area is 110 Å². The highest BCUT2D eigenvalue weighted by Crippen LogP contribution is 2.30. The first-order valence-corrected chi connectivity index (χ1v) is 7.06. The number of benzene rings is 1. The zero-order valence-electron chi connectivity index (χ0n) is 9.61. The van der Waals surface area contributed by atoms with Gasteiger partial charge in [-0.25, -0.2) is 12.8 Å². The van der Waals surface area contributed by atoms with Crippen LogP contribution in [0.5, 0.6) is 5.75 Å². The van der Waals surface area contributed by atoms with E-state index in [2.05, 4.69) is 4.72 Å². The Morgan fingerprint density at radius 2 is 2.17 bits per heavy atom. The summed E-state index contributed by atoms with van der Waals surface area (Å²) < 4.78 is 43.0. The minimum Gasteiger partial charge on any atom is -0.506 e. The first-order chi connectivity index (χ1) is 8.35. The van der Waals surface area contributed by atoms with E-state index in [1.165, 1.54) is 7.11 Å². The molecule has 0 saturated heterocycles. The van der Waals surface area contributed by atoms with Crippen LogP contribution in [0.15, 0.2) is 12.1 Å². The van der Waals surface area contributed by atoms with E-state index in [9.17, 15) is 17.9 Å². The van der Waals surface area contributed by atoms with Crippen molar-refractivity contribution in [3.8, 4) is 5.75 Å². The number of halogens is 2. The van der Waals surface area contributed by atoms with Gasteiger partial charge >= 0.3 is 0 Å². The van der Waals surface area contributed by atoms with Crippen molar-refractivity contribution in [1.29, 1.82) is 0 Å². The monoisotopic (exact) mass is 297 g/mol. The molecule has 0 heterocycles. The van der Waals surface area contributed by atoms with Gasteiger partial charge in [-0.2, -0.15) is 0 Å². The number of hydrogen-bond donors (Lipinski definition) is 2. The van der Waals surface area contributed by atoms with Gasteiger partial charge in [-0.15, -0.1) is 0 Å². The maximum Gasteiger partial charge on any atom is 0.232 e. The average Bonchev–Trinajstić information content (AvgIpc) is 2.26. The van der Waals surface area contributed by atoms with Crippen LogP contribution in [0.4, 0.5) is 10.1 Å². The number of aromatic hydroxyl groups is 1. The van der Waals surface area contributed by atoms with Crippen molar-refractivity contribution in [3.05, 3.63) is 23.0 Å². The van der Waals surface area contributed by atoms with Crippen LogP contribution in [0, 0.1) is 5.82 Å². The van der Waals surface area contributed by atoms with Crippen molar-refractivity contribution in [3.63, 3.8) is 0 Å². The Balaban J connectivity index is 2.81. The summed E-state index contributed by atoms with van der Waals surface area (Å²) in [4.78, 5) is 0. The summed E-state index contributed by atoms with van der Waals surface area (Å²) in [5, 5.41) is 9.12. The number of methoxy groups -OCH3 is 1. The molecule has 5 nitrogen and oxygen atoms in total. The normalized spacial score (nSPS) is 11.5. The lowest BCUT2D eigenvalue weighted by atomic mass is 10.3. The molecule has 18 heavy (non-hydrogen) atoms. The SMILES string of the molecule is COCCCS(=O)(=O)Nc1cc(Cl)c(F)cc1O. The lowest BCUT2D eigenvalue weighted by Gasteiger charge is -2.10. The van der Waals surface area contributed by atoms with Crippen LogP contribution in [0.25, 0.3) is 0 Å². The maximum absolute atomic E-state index is 13.0. The van der Waals surface area contributed by atoms with E-state index >= 15 is 0 Å². The molecule has 0 spiro atoms. The summed E-state index contributed by atoms with van der Waals surface area (Å²) >= 11 is 5.50. The molecular weight excluding hydrogens is 285 g/mol. The molecule has 0 aromatic heterocycles. The van der Waals surface area contributed by atoms with E-state index in [4.69, 9.17) is 16.3 Å². The highest BCUT2D eigenvalue weighted by atomic mass is 35.5. The Morgan fingerprint density at radius 1 is 1.50 bits per heavy atom. The highest BCUT2D eigenvalue weighted by Gasteiger charge is 2.14. The lowest BCUT2D eigenvalue weighted by Crippen LogP contribution is -2.17. The molecule has 0 aliphatic carbocycles.